The lowest BCUT2D eigenvalue weighted by Crippen LogP contribution is -2.56. The first kappa shape index (κ1) is 14.7. The van der Waals surface area contributed by atoms with Crippen LogP contribution >= 0.6 is 0 Å². The van der Waals surface area contributed by atoms with E-state index >= 15 is 0 Å². The summed E-state index contributed by atoms with van der Waals surface area (Å²) in [4.78, 5) is 28.2. The highest BCUT2D eigenvalue weighted by atomic mass is 16.2. The molecule has 1 amide bonds. The summed E-state index contributed by atoms with van der Waals surface area (Å²) in [6.07, 6.45) is 0.529. The highest BCUT2D eigenvalue weighted by molar-refractivity contribution is 6.44. The minimum Gasteiger partial charge on any atom is -0.321 e. The van der Waals surface area contributed by atoms with E-state index in [1.54, 1.807) is 0 Å². The molecule has 2 atom stereocenters. The first-order valence-electron chi connectivity index (χ1n) is 9.10. The molecule has 2 heterocycles. The highest BCUT2D eigenvalue weighted by Crippen LogP contribution is 2.65. The summed E-state index contributed by atoms with van der Waals surface area (Å²) in [7, 11) is 0. The van der Waals surface area contributed by atoms with Gasteiger partial charge in [-0.15, -0.1) is 0 Å². The number of rotatable bonds is 1. The van der Waals surface area contributed by atoms with Crippen molar-refractivity contribution in [2.45, 2.75) is 17.5 Å². The van der Waals surface area contributed by atoms with E-state index in [9.17, 15) is 9.59 Å². The highest BCUT2D eigenvalue weighted by Gasteiger charge is 2.76. The molecule has 1 aliphatic carbocycles. The fourth-order valence-corrected chi connectivity index (χ4v) is 5.40. The minimum absolute atomic E-state index is 0.343. The molecule has 2 aliphatic heterocycles. The molecule has 0 unspecified atom stereocenters. The lowest BCUT2D eigenvalue weighted by molar-refractivity contribution is -0.137. The van der Waals surface area contributed by atoms with Gasteiger partial charge in [-0.25, -0.2) is 0 Å². The monoisotopic (exact) mass is 352 g/mol. The third kappa shape index (κ3) is 1.44. The summed E-state index contributed by atoms with van der Waals surface area (Å²) in [5, 5.41) is 3.12. The van der Waals surface area contributed by atoms with E-state index in [0.717, 1.165) is 28.1 Å². The predicted molar refractivity (Wildman–Crippen MR) is 102 cm³/mol. The van der Waals surface area contributed by atoms with Crippen LogP contribution in [-0.4, -0.2) is 11.7 Å². The Morgan fingerprint density at radius 3 is 2.26 bits per heavy atom. The molecule has 4 nitrogen and oxygen atoms in total. The maximum atomic E-state index is 13.4. The summed E-state index contributed by atoms with van der Waals surface area (Å²) in [5.41, 5.74) is 3.13. The van der Waals surface area contributed by atoms with Crippen molar-refractivity contribution in [1.82, 2.24) is 5.32 Å². The summed E-state index contributed by atoms with van der Waals surface area (Å²) < 4.78 is 0. The molecule has 3 aromatic rings. The van der Waals surface area contributed by atoms with E-state index in [2.05, 4.69) is 16.3 Å². The van der Waals surface area contributed by atoms with Crippen LogP contribution in [-0.2, 0) is 27.1 Å². The standard InChI is InChI=1S/C23H16N2O2/c26-20-21(27)24-23-17-11-5-4-8-15(17)14-22(20,23)18-12-6-7-13-19(18)25(23)16-9-2-1-3-10-16/h1-13H,14H2,(H,24,27)/t22-,23-/m1/s1. The quantitative estimate of drug-likeness (QED) is 0.685. The molecular formula is C23H16N2O2. The summed E-state index contributed by atoms with van der Waals surface area (Å²) >= 11 is 0. The molecule has 6 rings (SSSR count). The van der Waals surface area contributed by atoms with Crippen LogP contribution in [0.3, 0.4) is 0 Å². The molecule has 0 saturated carbocycles. The number of benzene rings is 3. The van der Waals surface area contributed by atoms with E-state index in [0.29, 0.717) is 6.42 Å². The zero-order valence-corrected chi connectivity index (χ0v) is 14.5. The maximum Gasteiger partial charge on any atom is 0.290 e. The molecular weight excluding hydrogens is 336 g/mol. The largest absolute Gasteiger partial charge is 0.321 e. The Labute approximate surface area is 156 Å². The minimum atomic E-state index is -0.930. The van der Waals surface area contributed by atoms with Gasteiger partial charge in [0.05, 0.1) is 0 Å². The molecule has 0 bridgehead atoms. The van der Waals surface area contributed by atoms with Crippen molar-refractivity contribution in [3.05, 3.63) is 95.6 Å². The molecule has 1 fully saturated rings. The van der Waals surface area contributed by atoms with Crippen LogP contribution in [0.25, 0.3) is 0 Å². The van der Waals surface area contributed by atoms with Gasteiger partial charge in [0.15, 0.2) is 5.66 Å². The van der Waals surface area contributed by atoms with E-state index in [4.69, 9.17) is 0 Å². The maximum absolute atomic E-state index is 13.4. The van der Waals surface area contributed by atoms with Crippen molar-refractivity contribution in [1.29, 1.82) is 0 Å². The second-order valence-electron chi connectivity index (χ2n) is 7.42. The van der Waals surface area contributed by atoms with Crippen LogP contribution in [0.15, 0.2) is 78.9 Å². The molecule has 4 heteroatoms. The van der Waals surface area contributed by atoms with Crippen molar-refractivity contribution in [2.24, 2.45) is 0 Å². The molecule has 130 valence electrons. The van der Waals surface area contributed by atoms with E-state index in [1.807, 2.05) is 72.8 Å². The number of carbonyl (C=O) groups is 2. The second-order valence-corrected chi connectivity index (χ2v) is 7.42. The van der Waals surface area contributed by atoms with E-state index in [1.165, 1.54) is 0 Å². The van der Waals surface area contributed by atoms with Gasteiger partial charge in [-0.1, -0.05) is 60.7 Å². The van der Waals surface area contributed by atoms with Gasteiger partial charge in [0.1, 0.15) is 5.41 Å². The van der Waals surface area contributed by atoms with Crippen LogP contribution in [0, 0.1) is 0 Å². The summed E-state index contributed by atoms with van der Waals surface area (Å²) in [6.45, 7) is 0. The first-order valence-corrected chi connectivity index (χ1v) is 9.10. The molecule has 1 N–H and O–H groups in total. The Morgan fingerprint density at radius 1 is 0.778 bits per heavy atom. The lowest BCUT2D eigenvalue weighted by atomic mass is 9.72. The van der Waals surface area contributed by atoms with Crippen molar-refractivity contribution >= 4 is 23.1 Å². The van der Waals surface area contributed by atoms with Crippen molar-refractivity contribution < 1.29 is 9.59 Å². The summed E-state index contributed by atoms with van der Waals surface area (Å²) in [6, 6.07) is 26.0. The van der Waals surface area contributed by atoms with Crippen molar-refractivity contribution in [3.8, 4) is 0 Å². The first-order chi connectivity index (χ1) is 13.2. The SMILES string of the molecule is O=C1N[C@@]23c4ccccc4C[C@]2(C1=O)c1ccccc1N3c1ccccc1. The van der Waals surface area contributed by atoms with Crippen LogP contribution in [0.4, 0.5) is 11.4 Å². The van der Waals surface area contributed by atoms with Gasteiger partial charge in [-0.05, 0) is 35.7 Å². The van der Waals surface area contributed by atoms with Gasteiger partial charge in [-0.3, -0.25) is 9.59 Å². The average molecular weight is 352 g/mol. The van der Waals surface area contributed by atoms with Gasteiger partial charge >= 0.3 is 0 Å². The third-order valence-electron chi connectivity index (χ3n) is 6.32. The number of amides is 1. The number of anilines is 2. The Morgan fingerprint density at radius 2 is 1.44 bits per heavy atom. The van der Waals surface area contributed by atoms with Crippen LogP contribution in [0.1, 0.15) is 16.7 Å². The van der Waals surface area contributed by atoms with Crippen molar-refractivity contribution in [2.75, 3.05) is 4.90 Å². The number of ketones is 1. The van der Waals surface area contributed by atoms with Crippen LogP contribution < -0.4 is 10.2 Å². The van der Waals surface area contributed by atoms with Crippen LogP contribution in [0.5, 0.6) is 0 Å². The number of para-hydroxylation sites is 2. The third-order valence-corrected chi connectivity index (χ3v) is 6.32. The fourth-order valence-electron chi connectivity index (χ4n) is 5.40. The number of fused-ring (bicyclic) bond motifs is 2. The number of hydrogen-bond donors (Lipinski definition) is 1. The Kier molecular flexibility index (Phi) is 2.54. The number of nitrogens with zero attached hydrogens (tertiary/aromatic N) is 1. The van der Waals surface area contributed by atoms with Crippen LogP contribution in [0.2, 0.25) is 0 Å². The molecule has 0 radical (unpaired) electrons. The van der Waals surface area contributed by atoms with Gasteiger partial charge in [-0.2, -0.15) is 0 Å². The van der Waals surface area contributed by atoms with Crippen molar-refractivity contribution in [3.63, 3.8) is 0 Å². The lowest BCUT2D eigenvalue weighted by Gasteiger charge is -2.41. The number of hydrogen-bond acceptors (Lipinski definition) is 3. The van der Waals surface area contributed by atoms with E-state index in [-0.39, 0.29) is 5.78 Å². The molecule has 0 spiro atoms. The van der Waals surface area contributed by atoms with Gasteiger partial charge in [0.25, 0.3) is 5.91 Å². The van der Waals surface area contributed by atoms with Gasteiger partial charge < -0.3 is 10.2 Å². The zero-order chi connectivity index (χ0) is 18.2. The molecule has 3 aliphatic rings. The normalized spacial score (nSPS) is 27.0. The smallest absolute Gasteiger partial charge is 0.290 e. The fraction of sp³-hybridized carbons (Fsp3) is 0.130. The Bertz CT molecular complexity index is 1140. The van der Waals surface area contributed by atoms with Gasteiger partial charge in [0.2, 0.25) is 5.78 Å². The predicted octanol–water partition coefficient (Wildman–Crippen LogP) is 3.18. The molecule has 0 aromatic heterocycles. The number of carbonyl (C=O) groups excluding carboxylic acids is 2. The van der Waals surface area contributed by atoms with Gasteiger partial charge in [0, 0.05) is 16.9 Å². The molecule has 1 saturated heterocycles. The van der Waals surface area contributed by atoms with E-state index < -0.39 is 17.0 Å². The Balaban J connectivity index is 1.78. The average Bonchev–Trinajstić information content (AvgIpc) is 3.21. The number of Topliss-reactive ketones (excluding diaryl/α,β-unsaturated/α-hetero) is 1. The molecule has 3 aromatic carbocycles. The topological polar surface area (TPSA) is 49.4 Å². The second kappa shape index (κ2) is 4.65. The zero-order valence-electron chi connectivity index (χ0n) is 14.5. The Hall–Kier alpha value is -3.40. The molecule has 27 heavy (non-hydrogen) atoms. The summed E-state index contributed by atoms with van der Waals surface area (Å²) in [5.74, 6) is -0.843. The number of nitrogens with one attached hydrogen (secondary N) is 1.